The van der Waals surface area contributed by atoms with Gasteiger partial charge in [0, 0.05) is 0 Å². The van der Waals surface area contributed by atoms with Gasteiger partial charge in [-0.15, -0.1) is 0 Å². The number of esters is 1. The third-order valence-electron chi connectivity index (χ3n) is 2.59. The molecule has 1 fully saturated rings. The quantitative estimate of drug-likeness (QED) is 0.443. The van der Waals surface area contributed by atoms with Crippen LogP contribution in [0, 0.1) is 5.92 Å². The number of hydrogen-bond donors (Lipinski definition) is 0. The zero-order valence-corrected chi connectivity index (χ0v) is 7.40. The number of hydrogen-bond acceptors (Lipinski definition) is 3. The van der Waals surface area contributed by atoms with Gasteiger partial charge >= 0.3 is 5.97 Å². The van der Waals surface area contributed by atoms with Crippen LogP contribution in [-0.4, -0.2) is 36.5 Å². The average Bonchev–Trinajstić information content (AvgIpc) is 2.69. The molecule has 0 aromatic rings. The highest BCUT2D eigenvalue weighted by Crippen LogP contribution is 2.32. The van der Waals surface area contributed by atoms with Crippen LogP contribution in [0.25, 0.3) is 0 Å². The van der Waals surface area contributed by atoms with Crippen LogP contribution in [0.15, 0.2) is 12.2 Å². The lowest BCUT2D eigenvalue weighted by molar-refractivity contribution is -0.146. The van der Waals surface area contributed by atoms with Crippen molar-refractivity contribution in [3.8, 4) is 0 Å². The van der Waals surface area contributed by atoms with Crippen molar-refractivity contribution >= 4 is 11.9 Å². The van der Waals surface area contributed by atoms with Crippen molar-refractivity contribution < 1.29 is 14.3 Å². The number of likely N-dealkylation sites (tertiary alicyclic amines) is 1. The minimum atomic E-state index is -0.352. The van der Waals surface area contributed by atoms with Gasteiger partial charge in [-0.1, -0.05) is 12.2 Å². The molecule has 4 nitrogen and oxygen atoms in total. The molecule has 2 bridgehead atoms. The van der Waals surface area contributed by atoms with Crippen molar-refractivity contribution in [2.24, 2.45) is 5.92 Å². The molecule has 0 N–H and O–H groups in total. The highest BCUT2D eigenvalue weighted by molar-refractivity contribution is 5.88. The summed E-state index contributed by atoms with van der Waals surface area (Å²) in [5.41, 5.74) is 0. The van der Waals surface area contributed by atoms with Crippen LogP contribution >= 0.6 is 0 Å². The second-order valence-corrected chi connectivity index (χ2v) is 3.34. The maximum absolute atomic E-state index is 11.5. The van der Waals surface area contributed by atoms with Crippen molar-refractivity contribution in [2.75, 3.05) is 13.7 Å². The summed E-state index contributed by atoms with van der Waals surface area (Å²) < 4.78 is 4.51. The molecule has 0 spiro atoms. The lowest BCUT2D eigenvalue weighted by atomic mass is 10.1. The van der Waals surface area contributed by atoms with E-state index in [9.17, 15) is 9.59 Å². The first-order chi connectivity index (χ1) is 6.22. The maximum atomic E-state index is 11.5. The standard InChI is InChI=1S/C9H11NO3/c1-13-8(11)5-10-7-3-2-6(4-7)9(10)12/h2-3,6-7H,4-5H2,1H3. The molecule has 0 saturated carbocycles. The summed E-state index contributed by atoms with van der Waals surface area (Å²) in [6.45, 7) is 0.0842. The van der Waals surface area contributed by atoms with Gasteiger partial charge in [0.25, 0.3) is 0 Å². The van der Waals surface area contributed by atoms with Crippen molar-refractivity contribution in [3.05, 3.63) is 12.2 Å². The minimum Gasteiger partial charge on any atom is -0.468 e. The fourth-order valence-corrected chi connectivity index (χ4v) is 1.87. The highest BCUT2D eigenvalue weighted by atomic mass is 16.5. The lowest BCUT2D eigenvalue weighted by Gasteiger charge is -2.22. The molecule has 70 valence electrons. The molecule has 1 aliphatic heterocycles. The Hall–Kier alpha value is -1.32. The van der Waals surface area contributed by atoms with E-state index in [4.69, 9.17) is 0 Å². The third-order valence-corrected chi connectivity index (χ3v) is 2.59. The summed E-state index contributed by atoms with van der Waals surface area (Å²) in [4.78, 5) is 24.0. The predicted molar refractivity (Wildman–Crippen MR) is 44.8 cm³/mol. The molecule has 1 aliphatic carbocycles. The minimum absolute atomic E-state index is 0.00894. The molecule has 13 heavy (non-hydrogen) atoms. The van der Waals surface area contributed by atoms with Crippen LogP contribution < -0.4 is 0 Å². The molecule has 1 saturated heterocycles. The first kappa shape index (κ1) is 8.29. The summed E-state index contributed by atoms with van der Waals surface area (Å²) in [7, 11) is 1.33. The van der Waals surface area contributed by atoms with Gasteiger partial charge in [0.2, 0.25) is 5.91 Å². The molecule has 0 aromatic heterocycles. The van der Waals surface area contributed by atoms with E-state index in [0.717, 1.165) is 6.42 Å². The number of carbonyl (C=O) groups is 2. The SMILES string of the molecule is COC(=O)CN1C(=O)C2C=CC1C2. The molecule has 1 amide bonds. The van der Waals surface area contributed by atoms with Crippen LogP contribution in [0.1, 0.15) is 6.42 Å². The summed E-state index contributed by atoms with van der Waals surface area (Å²) in [6.07, 6.45) is 4.73. The molecular weight excluding hydrogens is 170 g/mol. The Morgan fingerprint density at radius 2 is 2.46 bits per heavy atom. The zero-order valence-electron chi connectivity index (χ0n) is 7.40. The number of fused-ring (bicyclic) bond motifs is 2. The van der Waals surface area contributed by atoms with Gasteiger partial charge in [-0.2, -0.15) is 0 Å². The Bertz CT molecular complexity index is 285. The van der Waals surface area contributed by atoms with Crippen LogP contribution in [0.5, 0.6) is 0 Å². The van der Waals surface area contributed by atoms with Gasteiger partial charge in [-0.05, 0) is 6.42 Å². The third kappa shape index (κ3) is 1.22. The van der Waals surface area contributed by atoms with Crippen LogP contribution in [-0.2, 0) is 14.3 Å². The summed E-state index contributed by atoms with van der Waals surface area (Å²) in [6, 6.07) is 0.122. The van der Waals surface area contributed by atoms with Gasteiger partial charge in [-0.25, -0.2) is 0 Å². The van der Waals surface area contributed by atoms with Crippen LogP contribution in [0.4, 0.5) is 0 Å². The average molecular weight is 181 g/mol. The van der Waals surface area contributed by atoms with Gasteiger partial charge in [-0.3, -0.25) is 9.59 Å². The van der Waals surface area contributed by atoms with E-state index in [0.29, 0.717) is 0 Å². The molecule has 4 heteroatoms. The highest BCUT2D eigenvalue weighted by Gasteiger charge is 2.41. The monoisotopic (exact) mass is 181 g/mol. The van der Waals surface area contributed by atoms with Gasteiger partial charge < -0.3 is 9.64 Å². The lowest BCUT2D eigenvalue weighted by Crippen LogP contribution is -2.39. The number of carbonyl (C=O) groups excluding carboxylic acids is 2. The maximum Gasteiger partial charge on any atom is 0.325 e. The van der Waals surface area contributed by atoms with Crippen LogP contribution in [0.2, 0.25) is 0 Å². The summed E-state index contributed by atoms with van der Waals surface area (Å²) >= 11 is 0. The molecule has 0 aromatic carbocycles. The van der Waals surface area contributed by atoms with Crippen molar-refractivity contribution in [1.29, 1.82) is 0 Å². The fraction of sp³-hybridized carbons (Fsp3) is 0.556. The number of methoxy groups -OCH3 is 1. The Labute approximate surface area is 76.2 Å². The van der Waals surface area contributed by atoms with E-state index in [-0.39, 0.29) is 30.4 Å². The number of nitrogens with zero attached hydrogens (tertiary/aromatic N) is 1. The second kappa shape index (κ2) is 2.87. The molecule has 1 heterocycles. The van der Waals surface area contributed by atoms with Crippen molar-refractivity contribution in [3.63, 3.8) is 0 Å². The Morgan fingerprint density at radius 3 is 3.00 bits per heavy atom. The number of rotatable bonds is 2. The zero-order chi connectivity index (χ0) is 9.42. The van der Waals surface area contributed by atoms with E-state index in [1.807, 2.05) is 12.2 Å². The number of ether oxygens (including phenoxy) is 1. The Balaban J connectivity index is 2.05. The first-order valence-electron chi connectivity index (χ1n) is 4.28. The van der Waals surface area contributed by atoms with E-state index < -0.39 is 0 Å². The van der Waals surface area contributed by atoms with E-state index in [2.05, 4.69) is 4.74 Å². The summed E-state index contributed by atoms with van der Waals surface area (Å²) in [5.74, 6) is -0.290. The first-order valence-corrected chi connectivity index (χ1v) is 4.28. The molecular formula is C9H11NO3. The topological polar surface area (TPSA) is 46.6 Å². The van der Waals surface area contributed by atoms with Gasteiger partial charge in [0.15, 0.2) is 0 Å². The largest absolute Gasteiger partial charge is 0.468 e. The van der Waals surface area contributed by atoms with E-state index in [1.165, 1.54) is 7.11 Å². The predicted octanol–water partition coefficient (Wildman–Crippen LogP) is -0.0537. The summed E-state index contributed by atoms with van der Waals surface area (Å²) in [5, 5.41) is 0. The fourth-order valence-electron chi connectivity index (χ4n) is 1.87. The number of amides is 1. The van der Waals surface area contributed by atoms with Gasteiger partial charge in [0.05, 0.1) is 19.1 Å². The Morgan fingerprint density at radius 1 is 1.69 bits per heavy atom. The van der Waals surface area contributed by atoms with Crippen molar-refractivity contribution in [2.45, 2.75) is 12.5 Å². The molecule has 2 unspecified atom stereocenters. The normalized spacial score (nSPS) is 29.9. The van der Waals surface area contributed by atoms with E-state index in [1.54, 1.807) is 4.90 Å². The van der Waals surface area contributed by atoms with Crippen molar-refractivity contribution in [1.82, 2.24) is 4.90 Å². The van der Waals surface area contributed by atoms with Crippen LogP contribution in [0.3, 0.4) is 0 Å². The molecule has 2 aliphatic rings. The molecule has 2 rings (SSSR count). The molecule has 2 atom stereocenters. The van der Waals surface area contributed by atoms with E-state index >= 15 is 0 Å². The Kier molecular flexibility index (Phi) is 1.83. The smallest absolute Gasteiger partial charge is 0.325 e. The second-order valence-electron chi connectivity index (χ2n) is 3.34. The van der Waals surface area contributed by atoms with Gasteiger partial charge in [0.1, 0.15) is 6.54 Å². The molecule has 0 radical (unpaired) electrons.